The standard InChI is InChI=1S/C20H24OSi/c1-5-6-17-21-22(20(2,3)4,18-13-9-7-10-14-18)19-15-11-8-12-16-19/h1,7-16H,6,17H2,2-4H3. The van der Waals surface area contributed by atoms with Crippen molar-refractivity contribution < 1.29 is 4.43 Å². The van der Waals surface area contributed by atoms with Crippen LogP contribution >= 0.6 is 0 Å². The zero-order valence-electron chi connectivity index (χ0n) is 13.7. The average Bonchev–Trinajstić information content (AvgIpc) is 2.52. The summed E-state index contributed by atoms with van der Waals surface area (Å²) >= 11 is 0. The van der Waals surface area contributed by atoms with Crippen LogP contribution in [0.3, 0.4) is 0 Å². The van der Waals surface area contributed by atoms with E-state index in [1.807, 2.05) is 0 Å². The first kappa shape index (κ1) is 16.5. The third kappa shape index (κ3) is 3.16. The summed E-state index contributed by atoms with van der Waals surface area (Å²) in [5.74, 6) is 2.69. The van der Waals surface area contributed by atoms with E-state index in [1.165, 1.54) is 10.4 Å². The van der Waals surface area contributed by atoms with Gasteiger partial charge >= 0.3 is 0 Å². The van der Waals surface area contributed by atoms with Crippen LogP contribution in [0.5, 0.6) is 0 Å². The molecule has 2 aromatic rings. The molecule has 0 unspecified atom stereocenters. The van der Waals surface area contributed by atoms with Crippen molar-refractivity contribution in [2.24, 2.45) is 0 Å². The fourth-order valence-electron chi connectivity index (χ4n) is 3.02. The van der Waals surface area contributed by atoms with Gasteiger partial charge in [-0.1, -0.05) is 81.4 Å². The second-order valence-corrected chi connectivity index (χ2v) is 10.8. The molecule has 2 rings (SSSR count). The Morgan fingerprint density at radius 3 is 1.73 bits per heavy atom. The summed E-state index contributed by atoms with van der Waals surface area (Å²) in [5.41, 5.74) is 0. The minimum absolute atomic E-state index is 0.0182. The molecule has 0 spiro atoms. The van der Waals surface area contributed by atoms with Crippen molar-refractivity contribution in [2.45, 2.75) is 32.2 Å². The van der Waals surface area contributed by atoms with E-state index in [-0.39, 0.29) is 5.04 Å². The molecule has 2 aromatic carbocycles. The lowest BCUT2D eigenvalue weighted by Gasteiger charge is -2.43. The molecule has 0 aliphatic heterocycles. The highest BCUT2D eigenvalue weighted by molar-refractivity contribution is 6.99. The Hall–Kier alpha value is -1.82. The molecule has 1 nitrogen and oxygen atoms in total. The highest BCUT2D eigenvalue weighted by atomic mass is 28.4. The Balaban J connectivity index is 2.62. The van der Waals surface area contributed by atoms with Crippen molar-refractivity contribution in [2.75, 3.05) is 6.61 Å². The van der Waals surface area contributed by atoms with Crippen molar-refractivity contribution in [1.82, 2.24) is 0 Å². The number of benzene rings is 2. The van der Waals surface area contributed by atoms with Crippen LogP contribution in [0.2, 0.25) is 5.04 Å². The van der Waals surface area contributed by atoms with Crippen LogP contribution in [0.1, 0.15) is 27.2 Å². The maximum Gasteiger partial charge on any atom is 0.261 e. The Labute approximate surface area is 135 Å². The fraction of sp³-hybridized carbons (Fsp3) is 0.300. The number of hydrogen-bond acceptors (Lipinski definition) is 1. The number of hydrogen-bond donors (Lipinski definition) is 0. The van der Waals surface area contributed by atoms with Crippen LogP contribution in [-0.2, 0) is 4.43 Å². The number of rotatable bonds is 5. The molecule has 0 aromatic heterocycles. The zero-order chi connectivity index (χ0) is 16.1. The van der Waals surface area contributed by atoms with Crippen LogP contribution in [0.25, 0.3) is 0 Å². The molecule has 114 valence electrons. The summed E-state index contributed by atoms with van der Waals surface area (Å²) in [5, 5.41) is 2.61. The molecule has 22 heavy (non-hydrogen) atoms. The van der Waals surface area contributed by atoms with Gasteiger partial charge in [-0.25, -0.2) is 0 Å². The molecule has 0 atom stereocenters. The van der Waals surface area contributed by atoms with Gasteiger partial charge in [-0.05, 0) is 15.4 Å². The van der Waals surface area contributed by atoms with Gasteiger partial charge in [0.15, 0.2) is 0 Å². The maximum atomic E-state index is 6.60. The Bertz CT molecular complexity index is 581. The van der Waals surface area contributed by atoms with Crippen LogP contribution in [0.4, 0.5) is 0 Å². The van der Waals surface area contributed by atoms with E-state index < -0.39 is 8.32 Å². The third-order valence-corrected chi connectivity index (χ3v) is 9.02. The SMILES string of the molecule is C#CCCO[Si](c1ccccc1)(c1ccccc1)C(C)(C)C. The smallest absolute Gasteiger partial charge is 0.261 e. The first-order chi connectivity index (χ1) is 10.5. The predicted octanol–water partition coefficient (Wildman–Crippen LogP) is 3.59. The van der Waals surface area contributed by atoms with Gasteiger partial charge in [-0.3, -0.25) is 0 Å². The molecule has 0 saturated carbocycles. The van der Waals surface area contributed by atoms with Crippen LogP contribution in [-0.4, -0.2) is 14.9 Å². The van der Waals surface area contributed by atoms with Crippen molar-refractivity contribution in [3.05, 3.63) is 60.7 Å². The van der Waals surface area contributed by atoms with E-state index in [0.29, 0.717) is 13.0 Å². The molecule has 0 radical (unpaired) electrons. The number of terminal acetylenes is 1. The average molecular weight is 308 g/mol. The summed E-state index contributed by atoms with van der Waals surface area (Å²) in [4.78, 5) is 0. The van der Waals surface area contributed by atoms with Gasteiger partial charge in [0.2, 0.25) is 0 Å². The Morgan fingerprint density at radius 1 is 0.909 bits per heavy atom. The summed E-state index contributed by atoms with van der Waals surface area (Å²) in [6.45, 7) is 7.42. The molecule has 0 heterocycles. The van der Waals surface area contributed by atoms with E-state index in [9.17, 15) is 0 Å². The van der Waals surface area contributed by atoms with Gasteiger partial charge in [0.05, 0.1) is 0 Å². The van der Waals surface area contributed by atoms with Crippen molar-refractivity contribution >= 4 is 18.7 Å². The van der Waals surface area contributed by atoms with Gasteiger partial charge in [-0.15, -0.1) is 12.3 Å². The van der Waals surface area contributed by atoms with Crippen molar-refractivity contribution in [1.29, 1.82) is 0 Å². The second kappa shape index (κ2) is 6.96. The zero-order valence-corrected chi connectivity index (χ0v) is 14.7. The van der Waals surface area contributed by atoms with E-state index in [2.05, 4.69) is 87.4 Å². The molecule has 0 aliphatic rings. The van der Waals surface area contributed by atoms with E-state index in [0.717, 1.165) is 0 Å². The molecule has 0 N–H and O–H groups in total. The molecule has 0 bridgehead atoms. The fourth-order valence-corrected chi connectivity index (χ4v) is 7.59. The lowest BCUT2D eigenvalue weighted by Crippen LogP contribution is -2.66. The van der Waals surface area contributed by atoms with E-state index in [4.69, 9.17) is 10.8 Å². The van der Waals surface area contributed by atoms with Crippen molar-refractivity contribution in [3.63, 3.8) is 0 Å². The van der Waals surface area contributed by atoms with E-state index >= 15 is 0 Å². The summed E-state index contributed by atoms with van der Waals surface area (Å²) in [7, 11) is -2.38. The predicted molar refractivity (Wildman–Crippen MR) is 97.0 cm³/mol. The monoisotopic (exact) mass is 308 g/mol. The molecular weight excluding hydrogens is 284 g/mol. The summed E-state index contributed by atoms with van der Waals surface area (Å²) < 4.78 is 6.60. The topological polar surface area (TPSA) is 9.23 Å². The summed E-state index contributed by atoms with van der Waals surface area (Å²) in [6, 6.07) is 21.3. The lowest BCUT2D eigenvalue weighted by atomic mass is 10.2. The van der Waals surface area contributed by atoms with Crippen LogP contribution < -0.4 is 10.4 Å². The van der Waals surface area contributed by atoms with Gasteiger partial charge in [0.1, 0.15) is 0 Å². The molecule has 0 fully saturated rings. The largest absolute Gasteiger partial charge is 0.406 e. The first-order valence-electron chi connectivity index (χ1n) is 7.71. The highest BCUT2D eigenvalue weighted by Gasteiger charge is 2.49. The van der Waals surface area contributed by atoms with Gasteiger partial charge in [0, 0.05) is 13.0 Å². The highest BCUT2D eigenvalue weighted by Crippen LogP contribution is 2.36. The molecule has 2 heteroatoms. The quantitative estimate of drug-likeness (QED) is 0.466. The minimum atomic E-state index is -2.38. The maximum absolute atomic E-state index is 6.60. The Kier molecular flexibility index (Phi) is 5.23. The Morgan fingerprint density at radius 2 is 1.36 bits per heavy atom. The van der Waals surface area contributed by atoms with Crippen LogP contribution in [0.15, 0.2) is 60.7 Å². The molecular formula is C20H24OSi. The van der Waals surface area contributed by atoms with Gasteiger partial charge in [0.25, 0.3) is 8.32 Å². The second-order valence-electron chi connectivity index (χ2n) is 6.47. The lowest BCUT2D eigenvalue weighted by molar-refractivity contribution is 0.306. The molecule has 0 amide bonds. The van der Waals surface area contributed by atoms with Crippen molar-refractivity contribution in [3.8, 4) is 12.3 Å². The van der Waals surface area contributed by atoms with E-state index in [1.54, 1.807) is 0 Å². The van der Waals surface area contributed by atoms with Gasteiger partial charge in [-0.2, -0.15) is 0 Å². The molecule has 0 saturated heterocycles. The van der Waals surface area contributed by atoms with Crippen LogP contribution in [0, 0.1) is 12.3 Å². The first-order valence-corrected chi connectivity index (χ1v) is 9.61. The van der Waals surface area contributed by atoms with Gasteiger partial charge < -0.3 is 4.43 Å². The molecule has 0 aliphatic carbocycles. The summed E-state index contributed by atoms with van der Waals surface area (Å²) in [6.07, 6.45) is 6.07. The normalized spacial score (nSPS) is 11.9. The third-order valence-electron chi connectivity index (χ3n) is 3.98. The minimum Gasteiger partial charge on any atom is -0.406 e.